The second-order valence-electron chi connectivity index (χ2n) is 8.03. The van der Waals surface area contributed by atoms with E-state index in [1.807, 2.05) is 42.5 Å². The Morgan fingerprint density at radius 3 is 1.61 bits per heavy atom. The zero-order chi connectivity index (χ0) is 19.4. The molecule has 0 N–H and O–H groups in total. The number of fused-ring (bicyclic) bond motifs is 2. The highest BCUT2D eigenvalue weighted by Crippen LogP contribution is 2.84. The lowest BCUT2D eigenvalue weighted by Crippen LogP contribution is -2.18. The van der Waals surface area contributed by atoms with Gasteiger partial charge in [-0.05, 0) is 29.2 Å². The van der Waals surface area contributed by atoms with E-state index in [1.165, 1.54) is 16.7 Å². The molecular formula is C26H23OP. The summed E-state index contributed by atoms with van der Waals surface area (Å²) < 4.78 is 14.8. The van der Waals surface area contributed by atoms with Crippen LogP contribution in [0.15, 0.2) is 96.6 Å². The fraction of sp³-hybridized carbons (Fsp3) is 0.154. The molecule has 0 aliphatic carbocycles. The van der Waals surface area contributed by atoms with Gasteiger partial charge < -0.3 is 4.57 Å². The lowest BCUT2D eigenvalue weighted by molar-refractivity contribution is 0.576. The zero-order valence-electron chi connectivity index (χ0n) is 16.2. The molecule has 3 aromatic carbocycles. The van der Waals surface area contributed by atoms with Gasteiger partial charge in [-0.2, -0.15) is 0 Å². The van der Waals surface area contributed by atoms with E-state index < -0.39 is 7.14 Å². The summed E-state index contributed by atoms with van der Waals surface area (Å²) in [7, 11) is -2.72. The summed E-state index contributed by atoms with van der Waals surface area (Å²) in [6.07, 6.45) is 0.699. The van der Waals surface area contributed by atoms with Gasteiger partial charge in [-0.25, -0.2) is 0 Å². The number of rotatable bonds is 3. The highest BCUT2D eigenvalue weighted by molar-refractivity contribution is 7.85. The smallest absolute Gasteiger partial charge is 0.145 e. The van der Waals surface area contributed by atoms with Crippen LogP contribution in [0.25, 0.3) is 16.2 Å². The van der Waals surface area contributed by atoms with Crippen molar-refractivity contribution in [2.75, 3.05) is 6.16 Å². The van der Waals surface area contributed by atoms with E-state index in [4.69, 9.17) is 0 Å². The Balaban J connectivity index is 1.85. The third kappa shape index (κ3) is 2.30. The minimum absolute atomic E-state index is 0.201. The van der Waals surface area contributed by atoms with Crippen molar-refractivity contribution in [1.29, 1.82) is 0 Å². The maximum Gasteiger partial charge on any atom is 0.145 e. The maximum absolute atomic E-state index is 14.8. The van der Waals surface area contributed by atoms with Gasteiger partial charge in [0.15, 0.2) is 0 Å². The first-order chi connectivity index (χ1) is 13.6. The average molecular weight is 382 g/mol. The molecule has 0 fully saturated rings. The third-order valence-electron chi connectivity index (χ3n) is 6.39. The fourth-order valence-electron chi connectivity index (χ4n) is 5.10. The van der Waals surface area contributed by atoms with E-state index in [1.54, 1.807) is 0 Å². The molecule has 2 aliphatic rings. The molecule has 2 bridgehead atoms. The van der Waals surface area contributed by atoms with Crippen LogP contribution in [0, 0.1) is 5.41 Å². The number of hydrogen-bond acceptors (Lipinski definition) is 1. The van der Waals surface area contributed by atoms with Crippen molar-refractivity contribution in [3.05, 3.63) is 113 Å². The molecule has 2 heterocycles. The predicted molar refractivity (Wildman–Crippen MR) is 119 cm³/mol. The van der Waals surface area contributed by atoms with Crippen LogP contribution in [0.5, 0.6) is 0 Å². The summed E-state index contributed by atoms with van der Waals surface area (Å²) in [6.45, 7) is 4.47. The molecule has 0 radical (unpaired) electrons. The molecule has 3 aromatic rings. The first-order valence-electron chi connectivity index (χ1n) is 9.78. The van der Waals surface area contributed by atoms with Crippen LogP contribution in [-0.2, 0) is 4.57 Å². The Labute approximate surface area is 166 Å². The van der Waals surface area contributed by atoms with E-state index >= 15 is 0 Å². The summed E-state index contributed by atoms with van der Waals surface area (Å²) in [5, 5.41) is 2.14. The summed E-state index contributed by atoms with van der Waals surface area (Å²) in [5.74, 6) is 0. The Morgan fingerprint density at radius 1 is 0.679 bits per heavy atom. The first kappa shape index (κ1) is 17.5. The molecule has 138 valence electrons. The van der Waals surface area contributed by atoms with Gasteiger partial charge in [0.05, 0.1) is 0 Å². The Hall–Kier alpha value is -2.63. The van der Waals surface area contributed by atoms with Crippen LogP contribution in [0.2, 0.25) is 0 Å². The van der Waals surface area contributed by atoms with Crippen LogP contribution < -0.4 is 0 Å². The monoisotopic (exact) mass is 382 g/mol. The van der Waals surface area contributed by atoms with E-state index in [-0.39, 0.29) is 5.41 Å². The molecule has 0 saturated carbocycles. The van der Waals surface area contributed by atoms with Crippen molar-refractivity contribution in [1.82, 2.24) is 0 Å². The van der Waals surface area contributed by atoms with E-state index in [9.17, 15) is 4.57 Å². The summed E-state index contributed by atoms with van der Waals surface area (Å²) in [5.41, 5.74) is 5.70. The van der Waals surface area contributed by atoms with Gasteiger partial charge in [0, 0.05) is 22.2 Å². The van der Waals surface area contributed by atoms with E-state index in [0.717, 1.165) is 21.8 Å². The topological polar surface area (TPSA) is 17.1 Å². The van der Waals surface area contributed by atoms with Crippen LogP contribution in [0.4, 0.5) is 0 Å². The first-order valence-corrected chi connectivity index (χ1v) is 11.7. The molecule has 2 atom stereocenters. The molecule has 0 saturated heterocycles. The lowest BCUT2D eigenvalue weighted by atomic mass is 9.73. The maximum atomic E-state index is 14.8. The molecule has 28 heavy (non-hydrogen) atoms. The van der Waals surface area contributed by atoms with Crippen molar-refractivity contribution in [2.45, 2.75) is 13.8 Å². The Kier molecular flexibility index (Phi) is 3.86. The van der Waals surface area contributed by atoms with Crippen molar-refractivity contribution in [3.63, 3.8) is 0 Å². The van der Waals surface area contributed by atoms with Crippen LogP contribution in [-0.4, -0.2) is 6.16 Å². The minimum atomic E-state index is -2.72. The predicted octanol–water partition coefficient (Wildman–Crippen LogP) is 7.38. The van der Waals surface area contributed by atoms with Crippen molar-refractivity contribution >= 4 is 23.3 Å². The van der Waals surface area contributed by atoms with Gasteiger partial charge in [-0.3, -0.25) is 0 Å². The van der Waals surface area contributed by atoms with Gasteiger partial charge in [-0.15, -0.1) is 0 Å². The Morgan fingerprint density at radius 2 is 1.11 bits per heavy atom. The minimum Gasteiger partial charge on any atom is -0.314 e. The normalized spacial score (nSPS) is 26.2. The number of benzene rings is 3. The highest BCUT2D eigenvalue weighted by atomic mass is 31.2. The highest BCUT2D eigenvalue weighted by Gasteiger charge is 2.58. The number of hydrogen-bond donors (Lipinski definition) is 0. The largest absolute Gasteiger partial charge is 0.314 e. The molecule has 2 unspecified atom stereocenters. The molecule has 1 nitrogen and oxygen atoms in total. The van der Waals surface area contributed by atoms with Crippen LogP contribution >= 0.6 is 7.14 Å². The standard InChI is InChI=1S/C26H23OP/c1-19-24(21-14-8-4-9-15-21)28(27)18-26(19,2)23(20-12-6-3-7-13-20)25(28)22-16-10-5-11-17-22/h3-17H,18H2,1-2H3. The van der Waals surface area contributed by atoms with Crippen molar-refractivity contribution in [3.8, 4) is 0 Å². The molecule has 0 aromatic heterocycles. The van der Waals surface area contributed by atoms with E-state index in [2.05, 4.69) is 62.4 Å². The average Bonchev–Trinajstić information content (AvgIpc) is 3.10. The lowest BCUT2D eigenvalue weighted by Gasteiger charge is -2.31. The van der Waals surface area contributed by atoms with Gasteiger partial charge in [0.1, 0.15) is 7.14 Å². The van der Waals surface area contributed by atoms with Gasteiger partial charge >= 0.3 is 0 Å². The van der Waals surface area contributed by atoms with Gasteiger partial charge in [0.25, 0.3) is 0 Å². The van der Waals surface area contributed by atoms with Crippen LogP contribution in [0.3, 0.4) is 0 Å². The molecular weight excluding hydrogens is 359 g/mol. The number of allylic oxidation sites excluding steroid dienone is 2. The van der Waals surface area contributed by atoms with Crippen LogP contribution in [0.1, 0.15) is 30.5 Å². The van der Waals surface area contributed by atoms with Crippen molar-refractivity contribution < 1.29 is 4.57 Å². The third-order valence-corrected chi connectivity index (χ3v) is 9.99. The molecule has 2 heteroatoms. The quantitative estimate of drug-likeness (QED) is 0.432. The molecule has 0 amide bonds. The van der Waals surface area contributed by atoms with E-state index in [0.29, 0.717) is 6.16 Å². The Bertz CT molecular complexity index is 1160. The summed E-state index contributed by atoms with van der Waals surface area (Å²) >= 11 is 0. The van der Waals surface area contributed by atoms with Crippen molar-refractivity contribution in [2.24, 2.45) is 5.41 Å². The molecule has 5 rings (SSSR count). The summed E-state index contributed by atoms with van der Waals surface area (Å²) in [6, 6.07) is 31.2. The van der Waals surface area contributed by atoms with Gasteiger partial charge in [0.2, 0.25) is 0 Å². The molecule has 2 aliphatic heterocycles. The SMILES string of the molecule is CC1=C(c2ccccc2)P2(=O)CC1(C)C(c1ccccc1)=C2c1ccccc1. The van der Waals surface area contributed by atoms with Gasteiger partial charge in [-0.1, -0.05) is 103 Å². The molecule has 0 spiro atoms. The fourth-order valence-corrected chi connectivity index (χ4v) is 9.59. The second-order valence-corrected chi connectivity index (χ2v) is 10.7. The zero-order valence-corrected chi connectivity index (χ0v) is 17.1. The summed E-state index contributed by atoms with van der Waals surface area (Å²) in [4.78, 5) is 0. The second kappa shape index (κ2) is 6.19.